The summed E-state index contributed by atoms with van der Waals surface area (Å²) in [6, 6.07) is 2.20. The maximum absolute atomic E-state index is 13.3. The smallest absolute Gasteiger partial charge is 0.380 e. The molecule has 8 heteroatoms. The first-order valence-electron chi connectivity index (χ1n) is 6.64. The number of nitrogens with zero attached hydrogens (tertiary/aromatic N) is 1. The molecule has 22 heavy (non-hydrogen) atoms. The van der Waals surface area contributed by atoms with Crippen LogP contribution >= 0.6 is 0 Å². The molecule has 1 saturated heterocycles. The summed E-state index contributed by atoms with van der Waals surface area (Å²) in [5.74, 6) is -1.88. The van der Waals surface area contributed by atoms with Gasteiger partial charge >= 0.3 is 6.18 Å². The summed E-state index contributed by atoms with van der Waals surface area (Å²) >= 11 is 0. The molecule has 2 N–H and O–H groups in total. The van der Waals surface area contributed by atoms with E-state index in [-0.39, 0.29) is 18.2 Å². The zero-order valence-electron chi connectivity index (χ0n) is 11.9. The van der Waals surface area contributed by atoms with Crippen molar-refractivity contribution in [2.45, 2.75) is 31.3 Å². The van der Waals surface area contributed by atoms with E-state index in [1.807, 2.05) is 0 Å². The number of hydrogen-bond acceptors (Lipinski definition) is 3. The number of likely N-dealkylation sites (tertiary alicyclic amines) is 1. The van der Waals surface area contributed by atoms with Gasteiger partial charge in [0, 0.05) is 20.2 Å². The third-order valence-electron chi connectivity index (χ3n) is 3.75. The van der Waals surface area contributed by atoms with E-state index < -0.39 is 29.5 Å². The fourth-order valence-corrected chi connectivity index (χ4v) is 2.63. The third kappa shape index (κ3) is 3.56. The molecule has 4 nitrogen and oxygen atoms in total. The van der Waals surface area contributed by atoms with Crippen LogP contribution in [0.5, 0.6) is 0 Å². The highest BCUT2D eigenvalue weighted by Crippen LogP contribution is 2.32. The Morgan fingerprint density at radius 3 is 2.68 bits per heavy atom. The number of amides is 1. The van der Waals surface area contributed by atoms with Crippen LogP contribution in [0.3, 0.4) is 0 Å². The summed E-state index contributed by atoms with van der Waals surface area (Å²) in [6.07, 6.45) is -4.58. The zero-order chi connectivity index (χ0) is 16.5. The van der Waals surface area contributed by atoms with E-state index in [0.717, 1.165) is 12.1 Å². The molecule has 1 fully saturated rings. The number of ether oxygens (including phenoxy) is 1. The number of carbonyl (C=O) groups is 1. The van der Waals surface area contributed by atoms with Crippen LogP contribution in [0.25, 0.3) is 0 Å². The molecule has 122 valence electrons. The highest BCUT2D eigenvalue weighted by molar-refractivity contribution is 5.80. The molecule has 0 saturated carbocycles. The molecular formula is C14H16F4N2O2. The largest absolute Gasteiger partial charge is 0.419 e. The summed E-state index contributed by atoms with van der Waals surface area (Å²) in [7, 11) is 1.49. The Kier molecular flexibility index (Phi) is 4.72. The number of methoxy groups -OCH3 is 1. The second kappa shape index (κ2) is 6.21. The number of carbonyl (C=O) groups excluding carboxylic acids is 1. The molecular weight excluding hydrogens is 304 g/mol. The maximum Gasteiger partial charge on any atom is 0.419 e. The molecule has 0 bridgehead atoms. The number of nitrogens with two attached hydrogens (primary N) is 1. The molecule has 0 unspecified atom stereocenters. The van der Waals surface area contributed by atoms with Gasteiger partial charge in [-0.3, -0.25) is 9.69 Å². The van der Waals surface area contributed by atoms with E-state index in [1.165, 1.54) is 13.2 Å². The predicted molar refractivity (Wildman–Crippen MR) is 70.2 cm³/mol. The number of rotatable bonds is 4. The summed E-state index contributed by atoms with van der Waals surface area (Å²) in [6.45, 7) is 0.444. The van der Waals surface area contributed by atoms with Gasteiger partial charge in [0.2, 0.25) is 5.91 Å². The summed E-state index contributed by atoms with van der Waals surface area (Å²) in [4.78, 5) is 13.1. The van der Waals surface area contributed by atoms with Crippen LogP contribution in [-0.2, 0) is 22.3 Å². The van der Waals surface area contributed by atoms with E-state index in [4.69, 9.17) is 10.5 Å². The minimum absolute atomic E-state index is 0.0663. The first-order valence-corrected chi connectivity index (χ1v) is 6.64. The Morgan fingerprint density at radius 1 is 1.45 bits per heavy atom. The van der Waals surface area contributed by atoms with Crippen molar-refractivity contribution in [3.05, 3.63) is 35.1 Å². The number of benzene rings is 1. The number of hydrogen-bond donors (Lipinski definition) is 1. The van der Waals surface area contributed by atoms with Gasteiger partial charge < -0.3 is 10.5 Å². The van der Waals surface area contributed by atoms with Crippen molar-refractivity contribution in [2.75, 3.05) is 13.7 Å². The summed E-state index contributed by atoms with van der Waals surface area (Å²) in [5.41, 5.74) is 4.25. The van der Waals surface area contributed by atoms with E-state index >= 15 is 0 Å². The van der Waals surface area contributed by atoms with Gasteiger partial charge in [-0.25, -0.2) is 4.39 Å². The molecule has 1 aliphatic rings. The Balaban J connectivity index is 2.21. The van der Waals surface area contributed by atoms with Gasteiger partial charge in [-0.2, -0.15) is 13.2 Å². The molecule has 0 spiro atoms. The monoisotopic (exact) mass is 320 g/mol. The number of alkyl halides is 3. The van der Waals surface area contributed by atoms with Gasteiger partial charge in [0.15, 0.2) is 0 Å². The van der Waals surface area contributed by atoms with Crippen LogP contribution in [0.4, 0.5) is 17.6 Å². The quantitative estimate of drug-likeness (QED) is 0.863. The van der Waals surface area contributed by atoms with Gasteiger partial charge in [-0.15, -0.1) is 0 Å². The van der Waals surface area contributed by atoms with Gasteiger partial charge in [0.1, 0.15) is 5.82 Å². The Morgan fingerprint density at radius 2 is 2.14 bits per heavy atom. The van der Waals surface area contributed by atoms with Crippen molar-refractivity contribution in [1.82, 2.24) is 4.90 Å². The van der Waals surface area contributed by atoms with Gasteiger partial charge in [-0.05, 0) is 24.1 Å². The first kappa shape index (κ1) is 16.7. The topological polar surface area (TPSA) is 55.6 Å². The standard InChI is InChI=1S/C14H16F4N2O2/c1-22-9-5-12(13(19)21)20(7-9)6-8-2-3-11(15)10(4-8)14(16,17)18/h2-4,9,12H,5-7H2,1H3,(H2,19,21)/t9-,12-/m0/s1. The second-order valence-electron chi connectivity index (χ2n) is 5.25. The molecule has 1 aromatic carbocycles. The Labute approximate surface area is 124 Å². The molecule has 2 rings (SSSR count). The van der Waals surface area contributed by atoms with Crippen molar-refractivity contribution < 1.29 is 27.1 Å². The molecule has 1 heterocycles. The minimum Gasteiger partial charge on any atom is -0.380 e. The molecule has 2 atom stereocenters. The van der Waals surface area contributed by atoms with Gasteiger partial charge in [-0.1, -0.05) is 6.07 Å². The fourth-order valence-electron chi connectivity index (χ4n) is 2.63. The summed E-state index contributed by atoms with van der Waals surface area (Å²) in [5, 5.41) is 0. The average molecular weight is 320 g/mol. The lowest BCUT2D eigenvalue weighted by molar-refractivity contribution is -0.140. The molecule has 0 aromatic heterocycles. The van der Waals surface area contributed by atoms with Crippen LogP contribution in [0.15, 0.2) is 18.2 Å². The van der Waals surface area contributed by atoms with Gasteiger partial charge in [0.25, 0.3) is 0 Å². The maximum atomic E-state index is 13.3. The van der Waals surface area contributed by atoms with E-state index in [9.17, 15) is 22.4 Å². The van der Waals surface area contributed by atoms with Crippen molar-refractivity contribution in [3.8, 4) is 0 Å². The van der Waals surface area contributed by atoms with Crippen LogP contribution in [-0.4, -0.2) is 36.6 Å². The normalized spacial score (nSPS) is 23.0. The van der Waals surface area contributed by atoms with Crippen molar-refractivity contribution in [3.63, 3.8) is 0 Å². The Hall–Kier alpha value is -1.67. The van der Waals surface area contributed by atoms with Crippen molar-refractivity contribution in [1.29, 1.82) is 0 Å². The lowest BCUT2D eigenvalue weighted by atomic mass is 10.1. The zero-order valence-corrected chi connectivity index (χ0v) is 11.9. The molecule has 1 amide bonds. The van der Waals surface area contributed by atoms with Crippen molar-refractivity contribution >= 4 is 5.91 Å². The number of primary amides is 1. The second-order valence-corrected chi connectivity index (χ2v) is 5.25. The fraction of sp³-hybridized carbons (Fsp3) is 0.500. The lowest BCUT2D eigenvalue weighted by Crippen LogP contribution is -2.39. The highest BCUT2D eigenvalue weighted by Gasteiger charge is 2.37. The molecule has 0 aliphatic carbocycles. The van der Waals surface area contributed by atoms with Crippen LogP contribution in [0.2, 0.25) is 0 Å². The molecule has 1 aromatic rings. The Bertz CT molecular complexity index is 562. The number of halogens is 4. The van der Waals surface area contributed by atoms with E-state index in [1.54, 1.807) is 4.90 Å². The summed E-state index contributed by atoms with van der Waals surface area (Å²) < 4.78 is 56.6. The van der Waals surface area contributed by atoms with Crippen LogP contribution in [0.1, 0.15) is 17.5 Å². The van der Waals surface area contributed by atoms with Crippen molar-refractivity contribution in [2.24, 2.45) is 5.73 Å². The molecule has 0 radical (unpaired) electrons. The first-order chi connectivity index (χ1) is 10.2. The lowest BCUT2D eigenvalue weighted by Gasteiger charge is -2.22. The van der Waals surface area contributed by atoms with Crippen LogP contribution < -0.4 is 5.73 Å². The van der Waals surface area contributed by atoms with Gasteiger partial charge in [0.05, 0.1) is 17.7 Å². The highest BCUT2D eigenvalue weighted by atomic mass is 19.4. The van der Waals surface area contributed by atoms with E-state index in [0.29, 0.717) is 13.0 Å². The SMILES string of the molecule is CO[C@H]1C[C@@H](C(N)=O)N(Cc2ccc(F)c(C(F)(F)F)c2)C1. The molecule has 1 aliphatic heterocycles. The van der Waals surface area contributed by atoms with Crippen LogP contribution in [0, 0.1) is 5.82 Å². The third-order valence-corrected chi connectivity index (χ3v) is 3.75. The predicted octanol–water partition coefficient (Wildman–Crippen LogP) is 1.92. The van der Waals surface area contributed by atoms with E-state index in [2.05, 4.69) is 0 Å². The minimum atomic E-state index is -4.76. The average Bonchev–Trinajstić information content (AvgIpc) is 2.83.